The van der Waals surface area contributed by atoms with Gasteiger partial charge in [-0.1, -0.05) is 84.4 Å². The van der Waals surface area contributed by atoms with E-state index in [0.29, 0.717) is 23.7 Å². The second-order valence-electron chi connectivity index (χ2n) is 10.9. The standard InChI is InChI=1S/C34H32ClF4N3O3/c35-26-17-18-30(40-21-26)33(20-23-9-3-1-4-10-23,25-13-7-14-27(19-25)45-34(38,39)31(36)37)42-32(43)41-28-15-8-16-29(28)44-22-24-11-5-2-6-12-24/h1-7,9-14,17-19,21,28-29,31H,8,15-16,20,22H2,(H2,41,42,43)/t28-,29-,33+/m0/s1. The van der Waals surface area contributed by atoms with Gasteiger partial charge in [0.15, 0.2) is 0 Å². The highest BCUT2D eigenvalue weighted by atomic mass is 35.5. The van der Waals surface area contributed by atoms with E-state index in [2.05, 4.69) is 20.4 Å². The van der Waals surface area contributed by atoms with Crippen LogP contribution in [0.1, 0.15) is 41.6 Å². The Kier molecular flexibility index (Phi) is 10.2. The largest absolute Gasteiger partial charge is 0.461 e. The monoisotopic (exact) mass is 641 g/mol. The molecule has 11 heteroatoms. The summed E-state index contributed by atoms with van der Waals surface area (Å²) in [6.07, 6.45) is -5.12. The SMILES string of the molecule is O=C(N[C@H]1CCC[C@@H]1OCc1ccccc1)N[C@](Cc1ccccc1)(c1cccc(OC(F)(F)C(F)F)c1)c1ccc(Cl)cn1. The predicted molar refractivity (Wildman–Crippen MR) is 163 cm³/mol. The highest BCUT2D eigenvalue weighted by molar-refractivity contribution is 6.30. The number of urea groups is 1. The number of aromatic nitrogens is 1. The van der Waals surface area contributed by atoms with Crippen molar-refractivity contribution >= 4 is 17.6 Å². The van der Waals surface area contributed by atoms with Gasteiger partial charge in [0.25, 0.3) is 0 Å². The topological polar surface area (TPSA) is 72.5 Å². The first kappa shape index (κ1) is 32.2. The minimum atomic E-state index is -4.72. The molecule has 1 aromatic heterocycles. The van der Waals surface area contributed by atoms with Gasteiger partial charge < -0.3 is 20.1 Å². The maximum Gasteiger partial charge on any atom is 0.461 e. The molecular weight excluding hydrogens is 610 g/mol. The van der Waals surface area contributed by atoms with Crippen molar-refractivity contribution < 1.29 is 31.8 Å². The molecule has 0 aliphatic heterocycles. The molecule has 4 aromatic rings. The lowest BCUT2D eigenvalue weighted by atomic mass is 9.80. The van der Waals surface area contributed by atoms with E-state index in [1.165, 1.54) is 18.3 Å². The molecule has 236 valence electrons. The minimum Gasteiger partial charge on any atom is -0.428 e. The highest BCUT2D eigenvalue weighted by Gasteiger charge is 2.45. The van der Waals surface area contributed by atoms with Crippen LogP contribution < -0.4 is 15.4 Å². The van der Waals surface area contributed by atoms with Crippen molar-refractivity contribution in [2.24, 2.45) is 0 Å². The molecule has 0 saturated heterocycles. The summed E-state index contributed by atoms with van der Waals surface area (Å²) in [4.78, 5) is 18.4. The molecule has 2 amide bonds. The second kappa shape index (κ2) is 14.3. The Bertz CT molecular complexity index is 1550. The second-order valence-corrected chi connectivity index (χ2v) is 11.3. The first-order valence-electron chi connectivity index (χ1n) is 14.5. The summed E-state index contributed by atoms with van der Waals surface area (Å²) in [5, 5.41) is 6.45. The van der Waals surface area contributed by atoms with E-state index in [1.54, 1.807) is 18.2 Å². The van der Waals surface area contributed by atoms with Gasteiger partial charge in [0.1, 0.15) is 11.3 Å². The van der Waals surface area contributed by atoms with Crippen LogP contribution in [0.4, 0.5) is 22.4 Å². The van der Waals surface area contributed by atoms with Crippen molar-refractivity contribution in [3.05, 3.63) is 131 Å². The van der Waals surface area contributed by atoms with Crippen LogP contribution in [0.2, 0.25) is 5.02 Å². The Morgan fingerprint density at radius 3 is 2.31 bits per heavy atom. The smallest absolute Gasteiger partial charge is 0.428 e. The van der Waals surface area contributed by atoms with Gasteiger partial charge in [0.05, 0.1) is 29.5 Å². The van der Waals surface area contributed by atoms with Gasteiger partial charge in [0, 0.05) is 12.6 Å². The zero-order valence-electron chi connectivity index (χ0n) is 24.1. The van der Waals surface area contributed by atoms with Crippen LogP contribution in [-0.2, 0) is 23.3 Å². The molecule has 3 atom stereocenters. The van der Waals surface area contributed by atoms with E-state index < -0.39 is 29.9 Å². The lowest BCUT2D eigenvalue weighted by Crippen LogP contribution is -2.55. The van der Waals surface area contributed by atoms with Crippen molar-refractivity contribution in [3.8, 4) is 5.75 Å². The van der Waals surface area contributed by atoms with E-state index in [-0.39, 0.29) is 24.1 Å². The van der Waals surface area contributed by atoms with Gasteiger partial charge in [0.2, 0.25) is 0 Å². The molecule has 5 rings (SSSR count). The van der Waals surface area contributed by atoms with Crippen LogP contribution in [0.5, 0.6) is 5.75 Å². The number of amides is 2. The first-order chi connectivity index (χ1) is 21.6. The maximum absolute atomic E-state index is 13.9. The van der Waals surface area contributed by atoms with Crippen LogP contribution in [0, 0.1) is 0 Å². The van der Waals surface area contributed by atoms with E-state index >= 15 is 0 Å². The van der Waals surface area contributed by atoms with Crippen molar-refractivity contribution in [3.63, 3.8) is 0 Å². The number of pyridine rings is 1. The van der Waals surface area contributed by atoms with Crippen LogP contribution in [0.15, 0.2) is 103 Å². The molecule has 1 saturated carbocycles. The van der Waals surface area contributed by atoms with Crippen molar-refractivity contribution in [2.75, 3.05) is 0 Å². The fourth-order valence-corrected chi connectivity index (χ4v) is 5.66. The molecule has 0 radical (unpaired) electrons. The van der Waals surface area contributed by atoms with Gasteiger partial charge in [-0.3, -0.25) is 4.98 Å². The molecule has 1 aliphatic rings. The third-order valence-electron chi connectivity index (χ3n) is 7.71. The van der Waals surface area contributed by atoms with Crippen molar-refractivity contribution in [2.45, 2.75) is 62.5 Å². The number of carbonyl (C=O) groups is 1. The number of halogens is 5. The van der Waals surface area contributed by atoms with Crippen molar-refractivity contribution in [1.29, 1.82) is 0 Å². The van der Waals surface area contributed by atoms with Gasteiger partial charge in [-0.15, -0.1) is 0 Å². The van der Waals surface area contributed by atoms with Crippen molar-refractivity contribution in [1.82, 2.24) is 15.6 Å². The minimum absolute atomic E-state index is 0.128. The number of hydrogen-bond acceptors (Lipinski definition) is 4. The van der Waals surface area contributed by atoms with E-state index in [1.807, 2.05) is 60.7 Å². The molecule has 1 aliphatic carbocycles. The molecule has 3 aromatic carbocycles. The molecule has 6 nitrogen and oxygen atoms in total. The van der Waals surface area contributed by atoms with Gasteiger partial charge in [-0.25, -0.2) is 4.79 Å². The predicted octanol–water partition coefficient (Wildman–Crippen LogP) is 7.90. The zero-order chi connectivity index (χ0) is 31.9. The average Bonchev–Trinajstić information content (AvgIpc) is 3.47. The highest BCUT2D eigenvalue weighted by Crippen LogP contribution is 2.37. The Hall–Kier alpha value is -4.15. The molecule has 0 unspecified atom stereocenters. The molecule has 1 heterocycles. The Morgan fingerprint density at radius 2 is 1.64 bits per heavy atom. The van der Waals surface area contributed by atoms with Crippen LogP contribution >= 0.6 is 11.6 Å². The van der Waals surface area contributed by atoms with E-state index in [9.17, 15) is 22.4 Å². The first-order valence-corrected chi connectivity index (χ1v) is 14.9. The van der Waals surface area contributed by atoms with E-state index in [4.69, 9.17) is 16.3 Å². The number of nitrogens with one attached hydrogen (secondary N) is 2. The summed E-state index contributed by atoms with van der Waals surface area (Å²) >= 11 is 6.15. The van der Waals surface area contributed by atoms with E-state index in [0.717, 1.165) is 30.0 Å². The van der Waals surface area contributed by atoms with Gasteiger partial charge in [-0.05, 0) is 60.2 Å². The molecule has 0 bridgehead atoms. The number of alkyl halides is 4. The number of nitrogens with zero attached hydrogens (tertiary/aromatic N) is 1. The van der Waals surface area contributed by atoms with Gasteiger partial charge in [-0.2, -0.15) is 17.6 Å². The van der Waals surface area contributed by atoms with Crippen LogP contribution in [0.25, 0.3) is 0 Å². The summed E-state index contributed by atoms with van der Waals surface area (Å²) in [7, 11) is 0. The normalized spacial score (nSPS) is 17.9. The van der Waals surface area contributed by atoms with Gasteiger partial charge >= 0.3 is 18.6 Å². The number of benzene rings is 3. The lowest BCUT2D eigenvalue weighted by molar-refractivity contribution is -0.253. The Balaban J connectivity index is 1.48. The molecule has 0 spiro atoms. The fraction of sp³-hybridized carbons (Fsp3) is 0.294. The lowest BCUT2D eigenvalue weighted by Gasteiger charge is -2.36. The van der Waals surface area contributed by atoms with Crippen LogP contribution in [0.3, 0.4) is 0 Å². The quantitative estimate of drug-likeness (QED) is 0.154. The summed E-state index contributed by atoms with van der Waals surface area (Å²) in [6.45, 7) is 0.397. The number of rotatable bonds is 12. The number of ether oxygens (including phenoxy) is 2. The molecule has 1 fully saturated rings. The Morgan fingerprint density at radius 1 is 0.933 bits per heavy atom. The third kappa shape index (κ3) is 8.12. The number of carbonyl (C=O) groups excluding carboxylic acids is 1. The summed E-state index contributed by atoms with van der Waals surface area (Å²) in [5.41, 5.74) is 0.954. The number of hydrogen-bond donors (Lipinski definition) is 2. The third-order valence-corrected chi connectivity index (χ3v) is 7.94. The summed E-state index contributed by atoms with van der Waals surface area (Å²) in [6, 6.07) is 26.6. The zero-order valence-corrected chi connectivity index (χ0v) is 24.9. The summed E-state index contributed by atoms with van der Waals surface area (Å²) < 4.78 is 64.5. The maximum atomic E-state index is 13.9. The Labute approximate surface area is 263 Å². The molecule has 45 heavy (non-hydrogen) atoms. The fourth-order valence-electron chi connectivity index (χ4n) is 5.54. The van der Waals surface area contributed by atoms with Crippen LogP contribution in [-0.4, -0.2) is 35.7 Å². The molecular formula is C34H32ClF4N3O3. The average molecular weight is 642 g/mol. The molecule has 2 N–H and O–H groups in total. The summed E-state index contributed by atoms with van der Waals surface area (Å²) in [5.74, 6) is -0.503.